The Morgan fingerprint density at radius 1 is 1.03 bits per heavy atom. The number of nitrogens with one attached hydrogen (secondary N) is 1. The molecule has 5 nitrogen and oxygen atoms in total. The van der Waals surface area contributed by atoms with Crippen molar-refractivity contribution in [2.24, 2.45) is 0 Å². The van der Waals surface area contributed by atoms with Crippen molar-refractivity contribution in [3.8, 4) is 6.07 Å². The van der Waals surface area contributed by atoms with Crippen LogP contribution < -0.4 is 5.32 Å². The molecule has 1 unspecified atom stereocenters. The van der Waals surface area contributed by atoms with Gasteiger partial charge in [-0.3, -0.25) is 14.7 Å². The fourth-order valence-electron chi connectivity index (χ4n) is 3.97. The molecule has 1 amide bonds. The van der Waals surface area contributed by atoms with Gasteiger partial charge in [0.05, 0.1) is 17.7 Å². The number of nitrogens with zero attached hydrogens (tertiary/aromatic N) is 3. The molecule has 3 aromatic rings. The summed E-state index contributed by atoms with van der Waals surface area (Å²) in [5.41, 5.74) is 5.02. The highest BCUT2D eigenvalue weighted by Gasteiger charge is 2.30. The van der Waals surface area contributed by atoms with E-state index >= 15 is 0 Å². The third-order valence-corrected chi connectivity index (χ3v) is 5.70. The van der Waals surface area contributed by atoms with Crippen LogP contribution >= 0.6 is 11.6 Å². The summed E-state index contributed by atoms with van der Waals surface area (Å²) in [6.45, 7) is 1.96. The van der Waals surface area contributed by atoms with Gasteiger partial charge >= 0.3 is 0 Å². The number of aromatic nitrogens is 1. The van der Waals surface area contributed by atoms with E-state index < -0.39 is 0 Å². The van der Waals surface area contributed by atoms with Crippen LogP contribution in [0.15, 0.2) is 67.0 Å². The molecule has 0 bridgehead atoms. The van der Waals surface area contributed by atoms with Crippen molar-refractivity contribution in [3.63, 3.8) is 0 Å². The van der Waals surface area contributed by atoms with Crippen molar-refractivity contribution < 1.29 is 4.79 Å². The van der Waals surface area contributed by atoms with Crippen molar-refractivity contribution in [1.82, 2.24) is 15.2 Å². The second-order valence-corrected chi connectivity index (χ2v) is 8.25. The number of pyridine rings is 1. The maximum atomic E-state index is 12.4. The maximum Gasteiger partial charge on any atom is 0.237 e. The number of rotatable bonds is 7. The molecule has 1 N–H and O–H groups in total. The second-order valence-electron chi connectivity index (χ2n) is 7.82. The van der Waals surface area contributed by atoms with E-state index in [9.17, 15) is 4.79 Å². The van der Waals surface area contributed by atoms with E-state index in [1.54, 1.807) is 0 Å². The van der Waals surface area contributed by atoms with E-state index in [2.05, 4.69) is 27.3 Å². The number of hydrogen-bond donors (Lipinski definition) is 1. The van der Waals surface area contributed by atoms with Gasteiger partial charge in [-0.25, -0.2) is 0 Å². The standard InChI is InChI=1S/C25H23ClN4O/c26-23-3-1-2-20(12-23)16-30(24-8-9-29-25(24)31)17-22-11-21(14-28-15-22)10-18-4-6-19(13-27)7-5-18/h1-7,11-12,14-15,24H,8-10,16-17H2,(H,29,31). The SMILES string of the molecule is N#Cc1ccc(Cc2cncc(CN(Cc3cccc(Cl)c3)C3CCNC3=O)c2)cc1. The Hall–Kier alpha value is -3.20. The van der Waals surface area contributed by atoms with Crippen LogP contribution in [-0.2, 0) is 24.3 Å². The van der Waals surface area contributed by atoms with Crippen LogP contribution in [0.2, 0.25) is 5.02 Å². The van der Waals surface area contributed by atoms with Gasteiger partial charge in [-0.15, -0.1) is 0 Å². The Labute approximate surface area is 187 Å². The highest BCUT2D eigenvalue weighted by Crippen LogP contribution is 2.20. The van der Waals surface area contributed by atoms with Gasteiger partial charge in [0.15, 0.2) is 0 Å². The Morgan fingerprint density at radius 3 is 2.52 bits per heavy atom. The summed E-state index contributed by atoms with van der Waals surface area (Å²) >= 11 is 6.17. The average molecular weight is 431 g/mol. The fourth-order valence-corrected chi connectivity index (χ4v) is 4.18. The van der Waals surface area contributed by atoms with E-state index in [1.807, 2.05) is 60.9 Å². The van der Waals surface area contributed by atoms with Crippen LogP contribution in [0, 0.1) is 11.3 Å². The molecule has 1 saturated heterocycles. The van der Waals surface area contributed by atoms with E-state index in [1.165, 1.54) is 0 Å². The summed E-state index contributed by atoms with van der Waals surface area (Å²) in [7, 11) is 0. The lowest BCUT2D eigenvalue weighted by molar-refractivity contribution is -0.124. The summed E-state index contributed by atoms with van der Waals surface area (Å²) < 4.78 is 0. The summed E-state index contributed by atoms with van der Waals surface area (Å²) in [6, 6.07) is 19.5. The van der Waals surface area contributed by atoms with Crippen LogP contribution in [0.3, 0.4) is 0 Å². The minimum Gasteiger partial charge on any atom is -0.355 e. The molecule has 0 saturated carbocycles. The number of benzene rings is 2. The second kappa shape index (κ2) is 9.74. The molecule has 1 aromatic heterocycles. The zero-order valence-corrected chi connectivity index (χ0v) is 17.8. The van der Waals surface area contributed by atoms with Gasteiger partial charge in [0, 0.05) is 37.1 Å². The Bertz CT molecular complexity index is 1110. The highest BCUT2D eigenvalue weighted by molar-refractivity contribution is 6.30. The van der Waals surface area contributed by atoms with Crippen molar-refractivity contribution in [1.29, 1.82) is 5.26 Å². The molecule has 0 aliphatic carbocycles. The number of carbonyl (C=O) groups excluding carboxylic acids is 1. The topological polar surface area (TPSA) is 69.0 Å². The molecule has 1 atom stereocenters. The zero-order chi connectivity index (χ0) is 21.6. The van der Waals surface area contributed by atoms with Crippen molar-refractivity contribution in [2.45, 2.75) is 32.0 Å². The predicted octanol–water partition coefficient (Wildman–Crippen LogP) is 4.09. The fraction of sp³-hybridized carbons (Fsp3) is 0.240. The number of halogens is 1. The Kier molecular flexibility index (Phi) is 6.61. The summed E-state index contributed by atoms with van der Waals surface area (Å²) in [6.07, 6.45) is 5.26. The minimum absolute atomic E-state index is 0.0729. The summed E-state index contributed by atoms with van der Waals surface area (Å²) in [4.78, 5) is 19.0. The first-order chi connectivity index (χ1) is 15.1. The Morgan fingerprint density at radius 2 is 1.81 bits per heavy atom. The quantitative estimate of drug-likeness (QED) is 0.613. The van der Waals surface area contributed by atoms with Gasteiger partial charge in [-0.2, -0.15) is 5.26 Å². The van der Waals surface area contributed by atoms with Gasteiger partial charge in [0.25, 0.3) is 0 Å². The molecule has 1 aliphatic heterocycles. The van der Waals surface area contributed by atoms with Gasteiger partial charge in [0.2, 0.25) is 5.91 Å². The summed E-state index contributed by atoms with van der Waals surface area (Å²) in [5.74, 6) is 0.0729. The van der Waals surface area contributed by atoms with Crippen LogP contribution in [0.1, 0.15) is 34.2 Å². The first-order valence-electron chi connectivity index (χ1n) is 10.3. The first kappa shape index (κ1) is 21.0. The number of carbonyl (C=O) groups is 1. The van der Waals surface area contributed by atoms with E-state index in [4.69, 9.17) is 16.9 Å². The number of nitriles is 1. The third kappa shape index (κ3) is 5.49. The molecule has 6 heteroatoms. The lowest BCUT2D eigenvalue weighted by Gasteiger charge is -2.27. The number of hydrogen-bond acceptors (Lipinski definition) is 4. The molecule has 0 radical (unpaired) electrons. The van der Waals surface area contributed by atoms with Crippen LogP contribution in [0.25, 0.3) is 0 Å². The number of amides is 1. The first-order valence-corrected chi connectivity index (χ1v) is 10.7. The molecule has 156 valence electrons. The third-order valence-electron chi connectivity index (χ3n) is 5.46. The lowest BCUT2D eigenvalue weighted by atomic mass is 10.0. The maximum absolute atomic E-state index is 12.4. The average Bonchev–Trinajstić information content (AvgIpc) is 3.20. The molecule has 0 spiro atoms. The molecule has 4 rings (SSSR count). The molecular formula is C25H23ClN4O. The minimum atomic E-state index is -0.166. The van der Waals surface area contributed by atoms with E-state index in [-0.39, 0.29) is 11.9 Å². The smallest absolute Gasteiger partial charge is 0.237 e. The lowest BCUT2D eigenvalue weighted by Crippen LogP contribution is -2.39. The van der Waals surface area contributed by atoms with Gasteiger partial charge in [-0.1, -0.05) is 41.9 Å². The van der Waals surface area contributed by atoms with Crippen molar-refractivity contribution in [2.75, 3.05) is 6.54 Å². The zero-order valence-electron chi connectivity index (χ0n) is 17.1. The van der Waals surface area contributed by atoms with E-state index in [0.29, 0.717) is 30.2 Å². The van der Waals surface area contributed by atoms with Crippen LogP contribution in [-0.4, -0.2) is 28.4 Å². The molecule has 31 heavy (non-hydrogen) atoms. The van der Waals surface area contributed by atoms with Gasteiger partial charge in [0.1, 0.15) is 0 Å². The van der Waals surface area contributed by atoms with Crippen LogP contribution in [0.5, 0.6) is 0 Å². The normalized spacial score (nSPS) is 15.6. The van der Waals surface area contributed by atoms with Gasteiger partial charge in [-0.05, 0) is 59.4 Å². The summed E-state index contributed by atoms with van der Waals surface area (Å²) in [5, 5.41) is 12.6. The van der Waals surface area contributed by atoms with Crippen LogP contribution in [0.4, 0.5) is 0 Å². The van der Waals surface area contributed by atoms with E-state index in [0.717, 1.165) is 35.1 Å². The highest BCUT2D eigenvalue weighted by atomic mass is 35.5. The largest absolute Gasteiger partial charge is 0.355 e. The molecular weight excluding hydrogens is 408 g/mol. The molecule has 1 fully saturated rings. The van der Waals surface area contributed by atoms with Crippen molar-refractivity contribution in [3.05, 3.63) is 99.8 Å². The molecule has 2 aromatic carbocycles. The molecule has 1 aliphatic rings. The molecule has 2 heterocycles. The van der Waals surface area contributed by atoms with Gasteiger partial charge < -0.3 is 5.32 Å². The Balaban J connectivity index is 1.52. The predicted molar refractivity (Wildman–Crippen MR) is 120 cm³/mol. The monoisotopic (exact) mass is 430 g/mol. The van der Waals surface area contributed by atoms with Crippen molar-refractivity contribution >= 4 is 17.5 Å².